The number of carbonyl (C=O) groups excluding carboxylic acids is 1. The Hall–Kier alpha value is -1.30. The number of amides is 1. The summed E-state index contributed by atoms with van der Waals surface area (Å²) < 4.78 is 10.5. The monoisotopic (exact) mass is 300 g/mol. The summed E-state index contributed by atoms with van der Waals surface area (Å²) in [6.07, 6.45) is 0. The van der Waals surface area contributed by atoms with Crippen LogP contribution >= 0.6 is 11.6 Å². The summed E-state index contributed by atoms with van der Waals surface area (Å²) in [5.41, 5.74) is 0.915. The maximum absolute atomic E-state index is 11.7. The van der Waals surface area contributed by atoms with Gasteiger partial charge in [0.1, 0.15) is 5.75 Å². The SMILES string of the molecule is CNCc1cccc(Cl)c1OCC(=O)NC(C)COC. The molecule has 1 atom stereocenters. The number of halogens is 1. The largest absolute Gasteiger partial charge is 0.482 e. The van der Waals surface area contributed by atoms with Crippen LogP contribution < -0.4 is 15.4 Å². The molecular formula is C14H21ClN2O3. The van der Waals surface area contributed by atoms with Crippen LogP contribution in [-0.2, 0) is 16.1 Å². The normalized spacial score (nSPS) is 12.0. The first-order valence-electron chi connectivity index (χ1n) is 6.41. The second-order valence-electron chi connectivity index (χ2n) is 4.47. The van der Waals surface area contributed by atoms with E-state index in [9.17, 15) is 4.79 Å². The van der Waals surface area contributed by atoms with Gasteiger partial charge < -0.3 is 20.1 Å². The van der Waals surface area contributed by atoms with Gasteiger partial charge in [-0.25, -0.2) is 0 Å². The Morgan fingerprint density at radius 1 is 1.45 bits per heavy atom. The van der Waals surface area contributed by atoms with E-state index < -0.39 is 0 Å². The number of nitrogens with one attached hydrogen (secondary N) is 2. The first kappa shape index (κ1) is 16.8. The fourth-order valence-electron chi connectivity index (χ4n) is 1.79. The van der Waals surface area contributed by atoms with Crippen LogP contribution in [0.5, 0.6) is 5.75 Å². The fraction of sp³-hybridized carbons (Fsp3) is 0.500. The van der Waals surface area contributed by atoms with Crippen molar-refractivity contribution < 1.29 is 14.3 Å². The molecule has 0 aliphatic rings. The number of para-hydroxylation sites is 1. The van der Waals surface area contributed by atoms with E-state index in [0.29, 0.717) is 23.9 Å². The van der Waals surface area contributed by atoms with Crippen molar-refractivity contribution in [2.75, 3.05) is 27.4 Å². The molecule has 0 aromatic heterocycles. The van der Waals surface area contributed by atoms with E-state index in [1.165, 1.54) is 0 Å². The highest BCUT2D eigenvalue weighted by molar-refractivity contribution is 6.32. The molecule has 1 aromatic rings. The molecule has 2 N–H and O–H groups in total. The van der Waals surface area contributed by atoms with Crippen molar-refractivity contribution in [3.63, 3.8) is 0 Å². The molecule has 1 aromatic carbocycles. The average molecular weight is 301 g/mol. The highest BCUT2D eigenvalue weighted by Gasteiger charge is 2.12. The lowest BCUT2D eigenvalue weighted by molar-refractivity contribution is -0.124. The van der Waals surface area contributed by atoms with Gasteiger partial charge in [0, 0.05) is 25.3 Å². The Kier molecular flexibility index (Phi) is 7.36. The summed E-state index contributed by atoms with van der Waals surface area (Å²) in [6.45, 7) is 2.87. The highest BCUT2D eigenvalue weighted by atomic mass is 35.5. The molecular weight excluding hydrogens is 280 g/mol. The van der Waals surface area contributed by atoms with Gasteiger partial charge in [0.25, 0.3) is 5.91 Å². The summed E-state index contributed by atoms with van der Waals surface area (Å²) in [5.74, 6) is 0.336. The van der Waals surface area contributed by atoms with E-state index in [0.717, 1.165) is 5.56 Å². The Balaban J connectivity index is 2.58. The van der Waals surface area contributed by atoms with Crippen LogP contribution in [-0.4, -0.2) is 39.3 Å². The van der Waals surface area contributed by atoms with Crippen LogP contribution in [0, 0.1) is 0 Å². The molecule has 0 spiro atoms. The fourth-order valence-corrected chi connectivity index (χ4v) is 2.04. The van der Waals surface area contributed by atoms with Gasteiger partial charge in [0.05, 0.1) is 11.6 Å². The molecule has 0 radical (unpaired) electrons. The molecule has 1 amide bonds. The maximum atomic E-state index is 11.7. The van der Waals surface area contributed by atoms with Gasteiger partial charge >= 0.3 is 0 Å². The van der Waals surface area contributed by atoms with Gasteiger partial charge in [-0.05, 0) is 20.0 Å². The number of carbonyl (C=O) groups is 1. The van der Waals surface area contributed by atoms with Gasteiger partial charge in [-0.1, -0.05) is 23.7 Å². The molecule has 1 rings (SSSR count). The molecule has 0 bridgehead atoms. The lowest BCUT2D eigenvalue weighted by Gasteiger charge is -2.15. The summed E-state index contributed by atoms with van der Waals surface area (Å²) in [4.78, 5) is 11.7. The van der Waals surface area contributed by atoms with Gasteiger partial charge in [0.2, 0.25) is 0 Å². The Morgan fingerprint density at radius 2 is 2.20 bits per heavy atom. The molecule has 0 fully saturated rings. The van der Waals surface area contributed by atoms with E-state index >= 15 is 0 Å². The van der Waals surface area contributed by atoms with Crippen LogP contribution in [0.15, 0.2) is 18.2 Å². The molecule has 1 unspecified atom stereocenters. The average Bonchev–Trinajstić information content (AvgIpc) is 2.38. The Labute approximate surface area is 124 Å². The van der Waals surface area contributed by atoms with Crippen molar-refractivity contribution in [2.45, 2.75) is 19.5 Å². The molecule has 5 nitrogen and oxygen atoms in total. The van der Waals surface area contributed by atoms with Crippen LogP contribution in [0.2, 0.25) is 5.02 Å². The van der Waals surface area contributed by atoms with E-state index in [1.807, 2.05) is 26.1 Å². The first-order valence-corrected chi connectivity index (χ1v) is 6.79. The standard InChI is InChI=1S/C14H21ClN2O3/c1-10(8-19-3)17-13(18)9-20-14-11(7-16-2)5-4-6-12(14)15/h4-6,10,16H,7-9H2,1-3H3,(H,17,18). The topological polar surface area (TPSA) is 59.6 Å². The lowest BCUT2D eigenvalue weighted by atomic mass is 10.2. The zero-order valence-electron chi connectivity index (χ0n) is 12.0. The third kappa shape index (κ3) is 5.36. The minimum atomic E-state index is -0.204. The lowest BCUT2D eigenvalue weighted by Crippen LogP contribution is -2.38. The van der Waals surface area contributed by atoms with Gasteiger partial charge in [-0.2, -0.15) is 0 Å². The summed E-state index contributed by atoms with van der Waals surface area (Å²) in [6, 6.07) is 5.44. The minimum absolute atomic E-state index is 0.0564. The van der Waals surface area contributed by atoms with Crippen LogP contribution in [0.25, 0.3) is 0 Å². The van der Waals surface area contributed by atoms with Crippen molar-refractivity contribution in [1.29, 1.82) is 0 Å². The molecule has 112 valence electrons. The number of ether oxygens (including phenoxy) is 2. The van der Waals surface area contributed by atoms with E-state index in [-0.39, 0.29) is 18.6 Å². The van der Waals surface area contributed by atoms with Crippen molar-refractivity contribution in [3.05, 3.63) is 28.8 Å². The van der Waals surface area contributed by atoms with Crippen molar-refractivity contribution in [1.82, 2.24) is 10.6 Å². The van der Waals surface area contributed by atoms with E-state index in [1.54, 1.807) is 13.2 Å². The number of hydrogen-bond acceptors (Lipinski definition) is 4. The maximum Gasteiger partial charge on any atom is 0.258 e. The number of benzene rings is 1. The second kappa shape index (κ2) is 8.79. The third-order valence-corrected chi connectivity index (χ3v) is 2.89. The number of methoxy groups -OCH3 is 1. The molecule has 0 heterocycles. The zero-order chi connectivity index (χ0) is 15.0. The summed E-state index contributed by atoms with van der Waals surface area (Å²) in [5, 5.41) is 6.30. The van der Waals surface area contributed by atoms with Crippen molar-refractivity contribution in [2.24, 2.45) is 0 Å². The molecule has 20 heavy (non-hydrogen) atoms. The number of rotatable bonds is 8. The molecule has 0 saturated carbocycles. The highest BCUT2D eigenvalue weighted by Crippen LogP contribution is 2.28. The van der Waals surface area contributed by atoms with Crippen molar-refractivity contribution >= 4 is 17.5 Å². The van der Waals surface area contributed by atoms with E-state index in [4.69, 9.17) is 21.1 Å². The van der Waals surface area contributed by atoms with Crippen LogP contribution in [0.1, 0.15) is 12.5 Å². The van der Waals surface area contributed by atoms with Crippen LogP contribution in [0.4, 0.5) is 0 Å². The van der Waals surface area contributed by atoms with Gasteiger partial charge in [0.15, 0.2) is 6.61 Å². The predicted molar refractivity (Wildman–Crippen MR) is 79.2 cm³/mol. The predicted octanol–water partition coefficient (Wildman–Crippen LogP) is 1.59. The third-order valence-electron chi connectivity index (χ3n) is 2.59. The summed E-state index contributed by atoms with van der Waals surface area (Å²) in [7, 11) is 3.43. The quantitative estimate of drug-likeness (QED) is 0.765. The Bertz CT molecular complexity index is 440. The molecule has 0 aliphatic carbocycles. The van der Waals surface area contributed by atoms with E-state index in [2.05, 4.69) is 10.6 Å². The summed E-state index contributed by atoms with van der Waals surface area (Å²) >= 11 is 6.10. The second-order valence-corrected chi connectivity index (χ2v) is 4.88. The van der Waals surface area contributed by atoms with Crippen LogP contribution in [0.3, 0.4) is 0 Å². The molecule has 6 heteroatoms. The zero-order valence-corrected chi connectivity index (χ0v) is 12.8. The molecule has 0 saturated heterocycles. The minimum Gasteiger partial charge on any atom is -0.482 e. The molecule has 0 aliphatic heterocycles. The first-order chi connectivity index (χ1) is 9.58. The Morgan fingerprint density at radius 3 is 2.85 bits per heavy atom. The van der Waals surface area contributed by atoms with Gasteiger partial charge in [-0.15, -0.1) is 0 Å². The number of hydrogen-bond donors (Lipinski definition) is 2. The van der Waals surface area contributed by atoms with Crippen molar-refractivity contribution in [3.8, 4) is 5.75 Å². The smallest absolute Gasteiger partial charge is 0.258 e. The van der Waals surface area contributed by atoms with Gasteiger partial charge in [-0.3, -0.25) is 4.79 Å².